The summed E-state index contributed by atoms with van der Waals surface area (Å²) in [6.45, 7) is 4.83. The van der Waals surface area contributed by atoms with Crippen LogP contribution in [-0.2, 0) is 10.8 Å². The lowest BCUT2D eigenvalue weighted by Crippen LogP contribution is -2.70. The van der Waals surface area contributed by atoms with E-state index < -0.39 is 13.5 Å². The van der Waals surface area contributed by atoms with Crippen LogP contribution in [0.1, 0.15) is 47.2 Å². The molecule has 11 aromatic rings. The highest BCUT2D eigenvalue weighted by Gasteiger charge is 2.56. The summed E-state index contributed by atoms with van der Waals surface area (Å²) in [4.78, 5) is 2.63. The molecule has 2 spiro atoms. The molecule has 0 saturated heterocycles. The van der Waals surface area contributed by atoms with Gasteiger partial charge in [-0.1, -0.05) is 196 Å². The molecule has 1 aliphatic carbocycles. The van der Waals surface area contributed by atoms with Crippen molar-refractivity contribution in [3.63, 3.8) is 0 Å². The number of para-hydroxylation sites is 3. The van der Waals surface area contributed by atoms with Gasteiger partial charge in [0.15, 0.2) is 8.07 Å². The third-order valence-corrected chi connectivity index (χ3v) is 21.2. The largest absolute Gasteiger partial charge is 0.310 e. The number of rotatable bonds is 2. The molecule has 2 nitrogen and oxygen atoms in total. The van der Waals surface area contributed by atoms with E-state index >= 15 is 0 Å². The number of nitrogens with zero attached hydrogens (tertiary/aromatic N) is 2. The SMILES string of the molecule is CC1(C)c2ccccc2C2(c3ccccc3N(c3ccc4c(c3)[Si]3(c5ccccc5-c5ccccc53)c3ccccc3-4)c3cc4c(cc32)c2ccccc2n4-c2ccccc2)c2ccccc21. The minimum Gasteiger partial charge on any atom is -0.310 e. The van der Waals surface area contributed by atoms with E-state index in [4.69, 9.17) is 0 Å². The Morgan fingerprint density at radius 3 is 1.48 bits per heavy atom. The van der Waals surface area contributed by atoms with E-state index in [1.54, 1.807) is 0 Å². The summed E-state index contributed by atoms with van der Waals surface area (Å²) < 4.78 is 2.48. The maximum Gasteiger partial charge on any atom is 0.182 e. The van der Waals surface area contributed by atoms with Gasteiger partial charge < -0.3 is 9.47 Å². The Kier molecular flexibility index (Phi) is 7.28. The lowest BCUT2D eigenvalue weighted by atomic mass is 9.53. The molecule has 15 rings (SSSR count). The number of hydrogen-bond acceptors (Lipinski definition) is 1. The third-order valence-electron chi connectivity index (χ3n) is 16.2. The highest BCUT2D eigenvalue weighted by atomic mass is 28.3. The Hall–Kier alpha value is -7.98. The van der Waals surface area contributed by atoms with Crippen LogP contribution in [0.25, 0.3) is 49.7 Å². The first kappa shape index (κ1) is 37.3. The number of aromatic nitrogens is 1. The predicted molar refractivity (Wildman–Crippen MR) is 281 cm³/mol. The van der Waals surface area contributed by atoms with E-state index in [1.807, 2.05) is 0 Å². The Morgan fingerprint density at radius 2 is 0.836 bits per heavy atom. The number of anilines is 3. The van der Waals surface area contributed by atoms with E-state index in [9.17, 15) is 0 Å². The zero-order chi connectivity index (χ0) is 44.2. The van der Waals surface area contributed by atoms with Crippen molar-refractivity contribution in [2.75, 3.05) is 4.90 Å². The zero-order valence-corrected chi connectivity index (χ0v) is 38.3. The molecule has 0 fully saturated rings. The Balaban J connectivity index is 1.10. The molecule has 0 unspecified atom stereocenters. The van der Waals surface area contributed by atoms with Gasteiger partial charge in [-0.05, 0) is 125 Å². The van der Waals surface area contributed by atoms with Crippen molar-refractivity contribution in [2.24, 2.45) is 0 Å². The van der Waals surface area contributed by atoms with Crippen LogP contribution >= 0.6 is 0 Å². The van der Waals surface area contributed by atoms with Crippen molar-refractivity contribution < 1.29 is 0 Å². The number of benzene rings is 10. The highest BCUT2D eigenvalue weighted by molar-refractivity contribution is 7.24. The molecule has 4 heterocycles. The monoisotopic (exact) mass is 868 g/mol. The van der Waals surface area contributed by atoms with Crippen molar-refractivity contribution in [3.05, 3.63) is 264 Å². The van der Waals surface area contributed by atoms with Crippen LogP contribution < -0.4 is 25.6 Å². The molecule has 0 N–H and O–H groups in total. The molecule has 10 aromatic carbocycles. The Bertz CT molecular complexity index is 3820. The second kappa shape index (κ2) is 13.1. The highest BCUT2D eigenvalue weighted by Crippen LogP contribution is 2.63. The van der Waals surface area contributed by atoms with Gasteiger partial charge in [-0.2, -0.15) is 0 Å². The molecule has 67 heavy (non-hydrogen) atoms. The van der Waals surface area contributed by atoms with Crippen LogP contribution in [-0.4, -0.2) is 12.6 Å². The first-order valence-corrected chi connectivity index (χ1v) is 25.7. The van der Waals surface area contributed by atoms with Crippen molar-refractivity contribution in [1.82, 2.24) is 4.57 Å². The molecule has 0 bridgehead atoms. The normalized spacial score (nSPS) is 15.6. The fourth-order valence-corrected chi connectivity index (χ4v) is 19.3. The van der Waals surface area contributed by atoms with Gasteiger partial charge in [0.25, 0.3) is 0 Å². The summed E-state index contributed by atoms with van der Waals surface area (Å²) in [5.41, 5.74) is 19.9. The van der Waals surface area contributed by atoms with E-state index in [0.717, 1.165) is 5.69 Å². The molecule has 1 aromatic heterocycles. The molecule has 3 heteroatoms. The van der Waals surface area contributed by atoms with Gasteiger partial charge in [0.05, 0.1) is 27.8 Å². The summed E-state index contributed by atoms with van der Waals surface area (Å²) in [7, 11) is -2.73. The van der Waals surface area contributed by atoms with Crippen molar-refractivity contribution in [2.45, 2.75) is 24.7 Å². The van der Waals surface area contributed by atoms with Crippen molar-refractivity contribution in [3.8, 4) is 27.9 Å². The van der Waals surface area contributed by atoms with E-state index in [1.165, 1.54) is 115 Å². The van der Waals surface area contributed by atoms with Crippen LogP contribution in [0.5, 0.6) is 0 Å². The minimum absolute atomic E-state index is 0.208. The zero-order valence-electron chi connectivity index (χ0n) is 37.3. The van der Waals surface area contributed by atoms with Gasteiger partial charge in [-0.15, -0.1) is 0 Å². The van der Waals surface area contributed by atoms with Gasteiger partial charge in [-0.3, -0.25) is 0 Å². The molecule has 3 aliphatic heterocycles. The molecule has 0 saturated carbocycles. The second-order valence-corrected chi connectivity index (χ2v) is 23.2. The summed E-state index contributed by atoms with van der Waals surface area (Å²) in [6.07, 6.45) is 0. The molecule has 0 amide bonds. The number of fused-ring (bicyclic) bond motifs is 21. The van der Waals surface area contributed by atoms with Gasteiger partial charge in [0.1, 0.15) is 0 Å². The van der Waals surface area contributed by atoms with Gasteiger partial charge in [-0.25, -0.2) is 0 Å². The predicted octanol–water partition coefficient (Wildman–Crippen LogP) is 12.9. The average Bonchev–Trinajstić information content (AvgIpc) is 3.99. The molecule has 0 atom stereocenters. The lowest BCUT2D eigenvalue weighted by molar-refractivity contribution is 0.557. The van der Waals surface area contributed by atoms with E-state index in [2.05, 4.69) is 254 Å². The lowest BCUT2D eigenvalue weighted by Gasteiger charge is -2.52. The van der Waals surface area contributed by atoms with Gasteiger partial charge in [0, 0.05) is 27.6 Å². The quantitative estimate of drug-likeness (QED) is 0.157. The summed E-state index contributed by atoms with van der Waals surface area (Å²) >= 11 is 0. The third kappa shape index (κ3) is 4.46. The molecular weight excluding hydrogens is 825 g/mol. The average molecular weight is 869 g/mol. The van der Waals surface area contributed by atoms with Crippen LogP contribution in [0.15, 0.2) is 231 Å². The maximum atomic E-state index is 2.63. The van der Waals surface area contributed by atoms with E-state index in [0.29, 0.717) is 0 Å². The Labute approximate surface area is 391 Å². The Morgan fingerprint density at radius 1 is 0.328 bits per heavy atom. The molecule has 0 radical (unpaired) electrons. The second-order valence-electron chi connectivity index (χ2n) is 19.5. The van der Waals surface area contributed by atoms with Gasteiger partial charge in [0.2, 0.25) is 0 Å². The first-order valence-electron chi connectivity index (χ1n) is 23.7. The number of hydrogen-bond donors (Lipinski definition) is 0. The first-order chi connectivity index (χ1) is 33.0. The van der Waals surface area contributed by atoms with Crippen molar-refractivity contribution >= 4 is 67.7 Å². The van der Waals surface area contributed by atoms with Crippen molar-refractivity contribution in [1.29, 1.82) is 0 Å². The summed E-state index contributed by atoms with van der Waals surface area (Å²) in [6, 6.07) is 88.3. The minimum atomic E-state index is -2.73. The van der Waals surface area contributed by atoms with Crippen LogP contribution in [0, 0.1) is 0 Å². The summed E-state index contributed by atoms with van der Waals surface area (Å²) in [5.74, 6) is 0. The maximum absolute atomic E-state index is 2.73. The van der Waals surface area contributed by atoms with E-state index in [-0.39, 0.29) is 5.41 Å². The topological polar surface area (TPSA) is 8.17 Å². The van der Waals surface area contributed by atoms with Gasteiger partial charge >= 0.3 is 0 Å². The molecule has 4 aliphatic rings. The van der Waals surface area contributed by atoms with Crippen LogP contribution in [0.4, 0.5) is 17.1 Å². The van der Waals surface area contributed by atoms with Crippen LogP contribution in [0.2, 0.25) is 0 Å². The summed E-state index contributed by atoms with van der Waals surface area (Å²) in [5, 5.41) is 8.45. The molecule has 314 valence electrons. The van der Waals surface area contributed by atoms with Crippen LogP contribution in [0.3, 0.4) is 0 Å². The molecular formula is C64H44N2Si. The fraction of sp³-hybridized carbons (Fsp3) is 0.0625. The smallest absolute Gasteiger partial charge is 0.182 e. The standard InChI is InChI=1S/C64H44N2Si/c1-63(2)49-26-10-12-28-51(49)64(52-29-13-11-27-50(52)63)53-30-14-16-32-56(53)66(58-40-57-48(39-54(58)64)43-22-6-15-31-55(43)65(57)41-20-4-3-5-21-41)42-36-37-47-46-25-9-19-35-61(46)67(62(47)38-42)59-33-17-7-23-44(59)45-24-8-18-34-60(45)67/h3-40H,1-2H3. The fourth-order valence-electron chi connectivity index (χ4n) is 13.7.